The van der Waals surface area contributed by atoms with E-state index in [4.69, 9.17) is 4.74 Å². The van der Waals surface area contributed by atoms with Crippen LogP contribution in [0.5, 0.6) is 5.75 Å². The van der Waals surface area contributed by atoms with E-state index in [9.17, 15) is 0 Å². The van der Waals surface area contributed by atoms with Crippen molar-refractivity contribution in [3.05, 3.63) is 29.8 Å². The Labute approximate surface area is 111 Å². The third-order valence-electron chi connectivity index (χ3n) is 3.72. The Balaban J connectivity index is 1.90. The predicted octanol–water partition coefficient (Wildman–Crippen LogP) is 3.41. The van der Waals surface area contributed by atoms with Gasteiger partial charge in [-0.05, 0) is 56.7 Å². The number of aryl methyl sites for hydroxylation is 1. The lowest BCUT2D eigenvalue weighted by atomic mass is 10.0. The molecule has 0 aliphatic heterocycles. The molecule has 1 atom stereocenters. The maximum absolute atomic E-state index is 5.81. The lowest BCUT2D eigenvalue weighted by Gasteiger charge is -2.16. The summed E-state index contributed by atoms with van der Waals surface area (Å²) in [5, 5.41) is 3.46. The van der Waals surface area contributed by atoms with Crippen molar-refractivity contribution >= 4 is 0 Å². The SMILES string of the molecule is CCCOc1ccccc1CCC(NC)C1CC1. The lowest BCUT2D eigenvalue weighted by Crippen LogP contribution is -2.27. The zero-order valence-electron chi connectivity index (χ0n) is 11.6. The summed E-state index contributed by atoms with van der Waals surface area (Å²) in [5.74, 6) is 1.99. The number of nitrogens with one attached hydrogen (secondary N) is 1. The summed E-state index contributed by atoms with van der Waals surface area (Å²) in [6.07, 6.45) is 6.20. The molecule has 1 aromatic rings. The maximum Gasteiger partial charge on any atom is 0.122 e. The van der Waals surface area contributed by atoms with E-state index in [1.165, 1.54) is 24.8 Å². The number of rotatable bonds is 8. The summed E-state index contributed by atoms with van der Waals surface area (Å²) in [6.45, 7) is 2.96. The third-order valence-corrected chi connectivity index (χ3v) is 3.72. The number of para-hydroxylation sites is 1. The molecule has 0 aromatic heterocycles. The molecule has 0 bridgehead atoms. The summed E-state index contributed by atoms with van der Waals surface area (Å²) < 4.78 is 5.81. The number of ether oxygens (including phenoxy) is 1. The largest absolute Gasteiger partial charge is 0.493 e. The maximum atomic E-state index is 5.81. The van der Waals surface area contributed by atoms with Gasteiger partial charge in [-0.3, -0.25) is 0 Å². The van der Waals surface area contributed by atoms with E-state index in [1.54, 1.807) is 0 Å². The van der Waals surface area contributed by atoms with Gasteiger partial charge in [0.1, 0.15) is 5.75 Å². The van der Waals surface area contributed by atoms with Crippen LogP contribution in [0.15, 0.2) is 24.3 Å². The van der Waals surface area contributed by atoms with Crippen molar-refractivity contribution < 1.29 is 4.74 Å². The molecule has 100 valence electrons. The first kappa shape index (κ1) is 13.4. The first-order valence-electron chi connectivity index (χ1n) is 7.23. The molecular formula is C16H25NO. The number of benzene rings is 1. The van der Waals surface area contributed by atoms with Gasteiger partial charge in [-0.2, -0.15) is 0 Å². The Morgan fingerprint density at radius 3 is 2.78 bits per heavy atom. The molecule has 1 aromatic carbocycles. The summed E-state index contributed by atoms with van der Waals surface area (Å²) in [4.78, 5) is 0. The smallest absolute Gasteiger partial charge is 0.122 e. The van der Waals surface area contributed by atoms with Crippen LogP contribution < -0.4 is 10.1 Å². The molecule has 2 nitrogen and oxygen atoms in total. The molecule has 0 radical (unpaired) electrons. The molecule has 1 saturated carbocycles. The Morgan fingerprint density at radius 2 is 2.11 bits per heavy atom. The van der Waals surface area contributed by atoms with E-state index in [-0.39, 0.29) is 0 Å². The van der Waals surface area contributed by atoms with Gasteiger partial charge in [0.15, 0.2) is 0 Å². The third kappa shape index (κ3) is 3.74. The zero-order chi connectivity index (χ0) is 12.8. The van der Waals surface area contributed by atoms with Crippen molar-refractivity contribution in [3.8, 4) is 5.75 Å². The van der Waals surface area contributed by atoms with Gasteiger partial charge in [0.05, 0.1) is 6.61 Å². The Morgan fingerprint density at radius 1 is 1.33 bits per heavy atom. The van der Waals surface area contributed by atoms with E-state index in [2.05, 4.69) is 43.6 Å². The molecule has 1 unspecified atom stereocenters. The van der Waals surface area contributed by atoms with Crippen molar-refractivity contribution in [2.24, 2.45) is 5.92 Å². The van der Waals surface area contributed by atoms with Crippen molar-refractivity contribution in [2.45, 2.75) is 45.1 Å². The number of hydrogen-bond donors (Lipinski definition) is 1. The van der Waals surface area contributed by atoms with E-state index < -0.39 is 0 Å². The van der Waals surface area contributed by atoms with Crippen LogP contribution in [0.2, 0.25) is 0 Å². The van der Waals surface area contributed by atoms with Crippen LogP contribution in [0.3, 0.4) is 0 Å². The molecule has 18 heavy (non-hydrogen) atoms. The van der Waals surface area contributed by atoms with Crippen LogP contribution in [0.4, 0.5) is 0 Å². The fourth-order valence-corrected chi connectivity index (χ4v) is 2.49. The van der Waals surface area contributed by atoms with Crippen molar-refractivity contribution in [1.29, 1.82) is 0 Å². The van der Waals surface area contributed by atoms with Gasteiger partial charge in [0.2, 0.25) is 0 Å². The highest BCUT2D eigenvalue weighted by Crippen LogP contribution is 2.34. The zero-order valence-corrected chi connectivity index (χ0v) is 11.6. The van der Waals surface area contributed by atoms with Gasteiger partial charge < -0.3 is 10.1 Å². The molecule has 1 fully saturated rings. The quantitative estimate of drug-likeness (QED) is 0.760. The van der Waals surface area contributed by atoms with Gasteiger partial charge in [0.25, 0.3) is 0 Å². The fraction of sp³-hybridized carbons (Fsp3) is 0.625. The second-order valence-electron chi connectivity index (χ2n) is 5.23. The minimum atomic E-state index is 0.684. The normalized spacial score (nSPS) is 16.6. The van der Waals surface area contributed by atoms with Crippen LogP contribution in [0, 0.1) is 5.92 Å². The van der Waals surface area contributed by atoms with E-state index in [0.717, 1.165) is 31.1 Å². The van der Waals surface area contributed by atoms with Gasteiger partial charge in [-0.15, -0.1) is 0 Å². The molecule has 0 amide bonds. The molecule has 2 rings (SSSR count). The molecule has 1 aliphatic rings. The second-order valence-corrected chi connectivity index (χ2v) is 5.23. The summed E-state index contributed by atoms with van der Waals surface area (Å²) in [5.41, 5.74) is 1.35. The molecule has 0 saturated heterocycles. The Kier molecular flexibility index (Phi) is 5.06. The topological polar surface area (TPSA) is 21.3 Å². The van der Waals surface area contributed by atoms with Crippen LogP contribution in [0.1, 0.15) is 38.2 Å². The minimum absolute atomic E-state index is 0.684. The van der Waals surface area contributed by atoms with Crippen molar-refractivity contribution in [1.82, 2.24) is 5.32 Å². The average Bonchev–Trinajstić information content (AvgIpc) is 3.23. The van der Waals surface area contributed by atoms with Crippen LogP contribution >= 0.6 is 0 Å². The number of hydrogen-bond acceptors (Lipinski definition) is 2. The highest BCUT2D eigenvalue weighted by atomic mass is 16.5. The Bertz CT molecular complexity index is 360. The molecule has 0 spiro atoms. The van der Waals surface area contributed by atoms with Crippen molar-refractivity contribution in [2.75, 3.05) is 13.7 Å². The summed E-state index contributed by atoms with van der Waals surface area (Å²) in [6, 6.07) is 9.15. The van der Waals surface area contributed by atoms with Crippen LogP contribution in [-0.4, -0.2) is 19.7 Å². The van der Waals surface area contributed by atoms with Gasteiger partial charge >= 0.3 is 0 Å². The monoisotopic (exact) mass is 247 g/mol. The van der Waals surface area contributed by atoms with E-state index in [1.807, 2.05) is 0 Å². The fourth-order valence-electron chi connectivity index (χ4n) is 2.49. The minimum Gasteiger partial charge on any atom is -0.493 e. The van der Waals surface area contributed by atoms with Gasteiger partial charge in [-0.1, -0.05) is 25.1 Å². The van der Waals surface area contributed by atoms with Crippen LogP contribution in [-0.2, 0) is 6.42 Å². The molecule has 1 N–H and O–H groups in total. The van der Waals surface area contributed by atoms with Crippen LogP contribution in [0.25, 0.3) is 0 Å². The first-order valence-corrected chi connectivity index (χ1v) is 7.23. The summed E-state index contributed by atoms with van der Waals surface area (Å²) in [7, 11) is 2.09. The summed E-state index contributed by atoms with van der Waals surface area (Å²) >= 11 is 0. The van der Waals surface area contributed by atoms with Crippen molar-refractivity contribution in [3.63, 3.8) is 0 Å². The molecule has 1 aliphatic carbocycles. The standard InChI is InChI=1S/C16H25NO/c1-3-12-18-16-7-5-4-6-14(16)10-11-15(17-2)13-8-9-13/h4-7,13,15,17H,3,8-12H2,1-2H3. The van der Waals surface area contributed by atoms with Gasteiger partial charge in [-0.25, -0.2) is 0 Å². The van der Waals surface area contributed by atoms with E-state index >= 15 is 0 Å². The highest BCUT2D eigenvalue weighted by molar-refractivity contribution is 5.33. The van der Waals surface area contributed by atoms with Gasteiger partial charge in [0, 0.05) is 6.04 Å². The highest BCUT2D eigenvalue weighted by Gasteiger charge is 2.29. The lowest BCUT2D eigenvalue weighted by molar-refractivity contribution is 0.313. The molecule has 0 heterocycles. The average molecular weight is 247 g/mol. The molecule has 2 heteroatoms. The van der Waals surface area contributed by atoms with E-state index in [0.29, 0.717) is 6.04 Å². The Hall–Kier alpha value is -1.02. The molecular weight excluding hydrogens is 222 g/mol. The predicted molar refractivity (Wildman–Crippen MR) is 76.1 cm³/mol. The second kappa shape index (κ2) is 6.79. The first-order chi connectivity index (χ1) is 8.85.